The SMILES string of the molecule is CC1CN(C(=O)c2cnc3ccccn23)CC(C)O1. The highest BCUT2D eigenvalue weighted by Gasteiger charge is 2.28. The van der Waals surface area contributed by atoms with Gasteiger partial charge in [-0.15, -0.1) is 0 Å². The average Bonchev–Trinajstić information content (AvgIpc) is 2.80. The topological polar surface area (TPSA) is 46.8 Å². The minimum absolute atomic E-state index is 0.0145. The summed E-state index contributed by atoms with van der Waals surface area (Å²) in [5.74, 6) is 0.0145. The third-order valence-electron chi connectivity index (χ3n) is 3.34. The van der Waals surface area contributed by atoms with Crippen molar-refractivity contribution in [2.45, 2.75) is 26.1 Å². The summed E-state index contributed by atoms with van der Waals surface area (Å²) in [6.07, 6.45) is 3.66. The van der Waals surface area contributed by atoms with E-state index in [1.807, 2.05) is 47.5 Å². The zero-order valence-electron chi connectivity index (χ0n) is 11.1. The molecule has 0 bridgehead atoms. The highest BCUT2D eigenvalue weighted by Crippen LogP contribution is 2.15. The third kappa shape index (κ3) is 2.21. The molecule has 1 fully saturated rings. The molecular formula is C14H17N3O2. The van der Waals surface area contributed by atoms with Crippen molar-refractivity contribution in [2.75, 3.05) is 13.1 Å². The number of fused-ring (bicyclic) bond motifs is 1. The van der Waals surface area contributed by atoms with E-state index in [4.69, 9.17) is 4.74 Å². The second-order valence-electron chi connectivity index (χ2n) is 5.04. The zero-order valence-corrected chi connectivity index (χ0v) is 11.1. The van der Waals surface area contributed by atoms with Gasteiger partial charge in [0.1, 0.15) is 11.3 Å². The van der Waals surface area contributed by atoms with Crippen molar-refractivity contribution in [2.24, 2.45) is 0 Å². The molecule has 1 aliphatic rings. The predicted octanol–water partition coefficient (Wildman–Crippen LogP) is 1.58. The fraction of sp³-hybridized carbons (Fsp3) is 0.429. The molecule has 2 aromatic heterocycles. The first-order valence-electron chi connectivity index (χ1n) is 6.52. The molecule has 2 unspecified atom stereocenters. The standard InChI is InChI=1S/C14H17N3O2/c1-10-8-16(9-11(2)19-10)14(18)12-7-15-13-5-3-4-6-17(12)13/h3-7,10-11H,8-9H2,1-2H3. The van der Waals surface area contributed by atoms with Crippen LogP contribution < -0.4 is 0 Å². The maximum Gasteiger partial charge on any atom is 0.272 e. The van der Waals surface area contributed by atoms with Crippen molar-refractivity contribution in [3.05, 3.63) is 36.3 Å². The normalized spacial score (nSPS) is 23.8. The molecule has 1 aliphatic heterocycles. The van der Waals surface area contributed by atoms with Crippen LogP contribution in [0.25, 0.3) is 5.65 Å². The molecule has 0 saturated carbocycles. The molecule has 5 heteroatoms. The van der Waals surface area contributed by atoms with Crippen LogP contribution in [-0.2, 0) is 4.74 Å². The molecule has 0 radical (unpaired) electrons. The van der Waals surface area contributed by atoms with Crippen molar-refractivity contribution >= 4 is 11.6 Å². The summed E-state index contributed by atoms with van der Waals surface area (Å²) in [6, 6.07) is 5.70. The van der Waals surface area contributed by atoms with Crippen LogP contribution in [0, 0.1) is 0 Å². The van der Waals surface area contributed by atoms with Gasteiger partial charge in [0.15, 0.2) is 0 Å². The Morgan fingerprint density at radius 2 is 2.05 bits per heavy atom. The quantitative estimate of drug-likeness (QED) is 0.781. The Bertz CT molecular complexity index is 598. The Kier molecular flexibility index (Phi) is 2.98. The lowest BCUT2D eigenvalue weighted by Gasteiger charge is -2.35. The Labute approximate surface area is 111 Å². The minimum Gasteiger partial charge on any atom is -0.372 e. The van der Waals surface area contributed by atoms with E-state index in [-0.39, 0.29) is 18.1 Å². The van der Waals surface area contributed by atoms with Gasteiger partial charge in [-0.3, -0.25) is 9.20 Å². The molecule has 3 heterocycles. The summed E-state index contributed by atoms with van der Waals surface area (Å²) in [5.41, 5.74) is 1.40. The van der Waals surface area contributed by atoms with Crippen LogP contribution in [0.1, 0.15) is 24.3 Å². The van der Waals surface area contributed by atoms with E-state index in [9.17, 15) is 4.79 Å². The van der Waals surface area contributed by atoms with E-state index in [1.165, 1.54) is 0 Å². The summed E-state index contributed by atoms with van der Waals surface area (Å²) < 4.78 is 7.48. The molecule has 19 heavy (non-hydrogen) atoms. The van der Waals surface area contributed by atoms with Gasteiger partial charge in [-0.1, -0.05) is 6.07 Å². The maximum atomic E-state index is 12.6. The number of amides is 1. The molecule has 0 aromatic carbocycles. The number of carbonyl (C=O) groups excluding carboxylic acids is 1. The van der Waals surface area contributed by atoms with Crippen LogP contribution in [0.3, 0.4) is 0 Å². The smallest absolute Gasteiger partial charge is 0.272 e. The zero-order chi connectivity index (χ0) is 13.4. The van der Waals surface area contributed by atoms with Crippen molar-refractivity contribution < 1.29 is 9.53 Å². The van der Waals surface area contributed by atoms with Gasteiger partial charge in [0, 0.05) is 19.3 Å². The van der Waals surface area contributed by atoms with Gasteiger partial charge in [0.2, 0.25) is 0 Å². The van der Waals surface area contributed by atoms with E-state index in [0.29, 0.717) is 18.8 Å². The van der Waals surface area contributed by atoms with Gasteiger partial charge in [-0.25, -0.2) is 4.98 Å². The predicted molar refractivity (Wildman–Crippen MR) is 71.1 cm³/mol. The van der Waals surface area contributed by atoms with Gasteiger partial charge in [-0.05, 0) is 26.0 Å². The van der Waals surface area contributed by atoms with E-state index in [0.717, 1.165) is 5.65 Å². The maximum absolute atomic E-state index is 12.6. The monoisotopic (exact) mass is 259 g/mol. The fourth-order valence-corrected chi connectivity index (χ4v) is 2.60. The number of imidazole rings is 1. The number of hydrogen-bond donors (Lipinski definition) is 0. The van der Waals surface area contributed by atoms with Crippen LogP contribution >= 0.6 is 0 Å². The van der Waals surface area contributed by atoms with Crippen LogP contribution in [0.15, 0.2) is 30.6 Å². The number of ether oxygens (including phenoxy) is 1. The molecule has 0 aliphatic carbocycles. The highest BCUT2D eigenvalue weighted by atomic mass is 16.5. The van der Waals surface area contributed by atoms with Gasteiger partial charge >= 0.3 is 0 Å². The number of pyridine rings is 1. The molecule has 0 spiro atoms. The van der Waals surface area contributed by atoms with Crippen molar-refractivity contribution in [3.63, 3.8) is 0 Å². The lowest BCUT2D eigenvalue weighted by atomic mass is 10.2. The number of carbonyl (C=O) groups is 1. The lowest BCUT2D eigenvalue weighted by molar-refractivity contribution is -0.0587. The van der Waals surface area contributed by atoms with Crippen LogP contribution in [0.5, 0.6) is 0 Å². The van der Waals surface area contributed by atoms with Crippen molar-refractivity contribution in [3.8, 4) is 0 Å². The Balaban J connectivity index is 1.91. The van der Waals surface area contributed by atoms with E-state index >= 15 is 0 Å². The molecule has 3 rings (SSSR count). The van der Waals surface area contributed by atoms with Gasteiger partial charge in [0.25, 0.3) is 5.91 Å². The largest absolute Gasteiger partial charge is 0.372 e. The van der Waals surface area contributed by atoms with Crippen molar-refractivity contribution in [1.82, 2.24) is 14.3 Å². The van der Waals surface area contributed by atoms with E-state index < -0.39 is 0 Å². The van der Waals surface area contributed by atoms with Crippen molar-refractivity contribution in [1.29, 1.82) is 0 Å². The first-order valence-corrected chi connectivity index (χ1v) is 6.52. The van der Waals surface area contributed by atoms with Crippen LogP contribution in [0.2, 0.25) is 0 Å². The summed E-state index contributed by atoms with van der Waals surface area (Å²) in [5, 5.41) is 0. The van der Waals surface area contributed by atoms with Crippen LogP contribution in [-0.4, -0.2) is 45.5 Å². The van der Waals surface area contributed by atoms with E-state index in [1.54, 1.807) is 6.20 Å². The minimum atomic E-state index is 0.0145. The lowest BCUT2D eigenvalue weighted by Crippen LogP contribution is -2.48. The Hall–Kier alpha value is -1.88. The molecule has 1 amide bonds. The number of morpholine rings is 1. The number of aromatic nitrogens is 2. The summed E-state index contributed by atoms with van der Waals surface area (Å²) >= 11 is 0. The van der Waals surface area contributed by atoms with Gasteiger partial charge in [-0.2, -0.15) is 0 Å². The molecular weight excluding hydrogens is 242 g/mol. The fourth-order valence-electron chi connectivity index (χ4n) is 2.60. The van der Waals surface area contributed by atoms with Crippen LogP contribution in [0.4, 0.5) is 0 Å². The second kappa shape index (κ2) is 4.66. The number of rotatable bonds is 1. The molecule has 0 N–H and O–H groups in total. The number of hydrogen-bond acceptors (Lipinski definition) is 3. The summed E-state index contributed by atoms with van der Waals surface area (Å²) in [7, 11) is 0. The molecule has 1 saturated heterocycles. The van der Waals surface area contributed by atoms with E-state index in [2.05, 4.69) is 4.98 Å². The summed E-state index contributed by atoms with van der Waals surface area (Å²) in [4.78, 5) is 18.7. The average molecular weight is 259 g/mol. The van der Waals surface area contributed by atoms with Gasteiger partial charge < -0.3 is 9.64 Å². The first kappa shape index (κ1) is 12.2. The first-order chi connectivity index (χ1) is 9.15. The molecule has 100 valence electrons. The third-order valence-corrected chi connectivity index (χ3v) is 3.34. The molecule has 2 aromatic rings. The highest BCUT2D eigenvalue weighted by molar-refractivity contribution is 5.93. The molecule has 5 nitrogen and oxygen atoms in total. The van der Waals surface area contributed by atoms with Gasteiger partial charge in [0.05, 0.1) is 18.4 Å². The molecule has 2 atom stereocenters. The summed E-state index contributed by atoms with van der Waals surface area (Å²) in [6.45, 7) is 5.24. The number of nitrogens with zero attached hydrogens (tertiary/aromatic N) is 3. The second-order valence-corrected chi connectivity index (χ2v) is 5.04. The Morgan fingerprint density at radius 3 is 2.79 bits per heavy atom. The Morgan fingerprint density at radius 1 is 1.32 bits per heavy atom.